The van der Waals surface area contributed by atoms with Gasteiger partial charge in [-0.15, -0.1) is 0 Å². The topological polar surface area (TPSA) is 49.4 Å². The molecule has 0 radical (unpaired) electrons. The molecule has 0 saturated heterocycles. The van der Waals surface area contributed by atoms with Crippen LogP contribution in [0, 0.1) is 0 Å². The lowest BCUT2D eigenvalue weighted by Crippen LogP contribution is -2.27. The van der Waals surface area contributed by atoms with Crippen LogP contribution in [0.2, 0.25) is 0 Å². The van der Waals surface area contributed by atoms with E-state index >= 15 is 0 Å². The number of benzene rings is 1. The molecular formula is C14H22N2O2S. The Balaban J connectivity index is 1.81. The van der Waals surface area contributed by atoms with Gasteiger partial charge in [0, 0.05) is 31.0 Å². The number of rotatable bonds is 6. The van der Waals surface area contributed by atoms with Gasteiger partial charge in [0.2, 0.25) is 0 Å². The van der Waals surface area contributed by atoms with Crippen LogP contribution in [0.3, 0.4) is 0 Å². The Bertz CT molecular complexity index is 528. The number of nitrogens with zero attached hydrogens (tertiary/aromatic N) is 1. The van der Waals surface area contributed by atoms with Crippen molar-refractivity contribution >= 4 is 15.5 Å². The molecule has 1 N–H and O–H groups in total. The van der Waals surface area contributed by atoms with Crippen LogP contribution in [-0.2, 0) is 9.84 Å². The maximum Gasteiger partial charge on any atom is 0.148 e. The zero-order valence-electron chi connectivity index (χ0n) is 11.6. The minimum absolute atomic E-state index is 0.239. The second-order valence-electron chi connectivity index (χ2n) is 5.39. The van der Waals surface area contributed by atoms with Crippen LogP contribution < -0.4 is 5.32 Å². The molecule has 0 amide bonds. The fraction of sp³-hybridized carbons (Fsp3) is 0.571. The Hall–Kier alpha value is -1.07. The van der Waals surface area contributed by atoms with E-state index in [1.54, 1.807) is 0 Å². The van der Waals surface area contributed by atoms with Crippen molar-refractivity contribution in [3.05, 3.63) is 29.8 Å². The zero-order chi connectivity index (χ0) is 13.9. The summed E-state index contributed by atoms with van der Waals surface area (Å²) in [7, 11) is -0.874. The molecule has 106 valence electrons. The standard InChI is InChI=1S/C14H22N2O2S/c1-16(9-10-19(2,17)18)8-7-12-11-15-14-6-4-3-5-13(12)14/h3-6,12,15H,7-11H2,1-2H3. The van der Waals surface area contributed by atoms with Crippen LogP contribution in [0.4, 0.5) is 5.69 Å². The Kier molecular flexibility index (Phi) is 4.47. The summed E-state index contributed by atoms with van der Waals surface area (Å²) in [5.41, 5.74) is 2.63. The third kappa shape index (κ3) is 4.21. The highest BCUT2D eigenvalue weighted by molar-refractivity contribution is 7.90. The number of para-hydroxylation sites is 1. The molecule has 1 unspecified atom stereocenters. The summed E-state index contributed by atoms with van der Waals surface area (Å²) in [6.07, 6.45) is 2.35. The average Bonchev–Trinajstić information content (AvgIpc) is 2.76. The van der Waals surface area contributed by atoms with Gasteiger partial charge in [0.05, 0.1) is 5.75 Å². The number of fused-ring (bicyclic) bond motifs is 1. The smallest absolute Gasteiger partial charge is 0.148 e. The van der Waals surface area contributed by atoms with Crippen molar-refractivity contribution in [2.24, 2.45) is 0 Å². The summed E-state index contributed by atoms with van der Waals surface area (Å²) in [4.78, 5) is 2.10. The molecule has 1 aliphatic rings. The van der Waals surface area contributed by atoms with Gasteiger partial charge in [0.1, 0.15) is 9.84 Å². The lowest BCUT2D eigenvalue weighted by atomic mass is 9.98. The fourth-order valence-corrected chi connectivity index (χ4v) is 3.07. The molecule has 1 aliphatic heterocycles. The highest BCUT2D eigenvalue weighted by Crippen LogP contribution is 2.33. The van der Waals surface area contributed by atoms with Crippen molar-refractivity contribution in [1.29, 1.82) is 0 Å². The van der Waals surface area contributed by atoms with Crippen molar-refractivity contribution in [1.82, 2.24) is 4.90 Å². The van der Waals surface area contributed by atoms with Gasteiger partial charge < -0.3 is 10.2 Å². The van der Waals surface area contributed by atoms with E-state index in [1.165, 1.54) is 17.5 Å². The summed E-state index contributed by atoms with van der Waals surface area (Å²) in [6, 6.07) is 8.41. The molecule has 1 heterocycles. The summed E-state index contributed by atoms with van der Waals surface area (Å²) >= 11 is 0. The molecule has 5 heteroatoms. The van der Waals surface area contributed by atoms with E-state index < -0.39 is 9.84 Å². The van der Waals surface area contributed by atoms with Gasteiger partial charge in [-0.3, -0.25) is 0 Å². The van der Waals surface area contributed by atoms with Crippen LogP contribution in [0.1, 0.15) is 17.9 Å². The van der Waals surface area contributed by atoms with Crippen molar-refractivity contribution < 1.29 is 8.42 Å². The first-order valence-electron chi connectivity index (χ1n) is 6.65. The van der Waals surface area contributed by atoms with E-state index in [2.05, 4.69) is 28.4 Å². The molecule has 0 aromatic heterocycles. The molecule has 19 heavy (non-hydrogen) atoms. The zero-order valence-corrected chi connectivity index (χ0v) is 12.4. The molecule has 0 aliphatic carbocycles. The second-order valence-corrected chi connectivity index (χ2v) is 7.65. The molecule has 1 atom stereocenters. The summed E-state index contributed by atoms with van der Waals surface area (Å²) in [5.74, 6) is 0.778. The SMILES string of the molecule is CN(CCC1CNc2ccccc21)CCS(C)(=O)=O. The number of anilines is 1. The van der Waals surface area contributed by atoms with E-state index in [-0.39, 0.29) is 5.75 Å². The van der Waals surface area contributed by atoms with E-state index in [0.717, 1.165) is 19.5 Å². The van der Waals surface area contributed by atoms with Gasteiger partial charge in [-0.05, 0) is 31.6 Å². The molecule has 0 saturated carbocycles. The van der Waals surface area contributed by atoms with Crippen molar-refractivity contribution in [3.8, 4) is 0 Å². The van der Waals surface area contributed by atoms with Gasteiger partial charge in [0.15, 0.2) is 0 Å². The molecule has 1 aromatic rings. The quantitative estimate of drug-likeness (QED) is 0.860. The Labute approximate surface area is 115 Å². The predicted molar refractivity (Wildman–Crippen MR) is 79.5 cm³/mol. The Morgan fingerprint density at radius 2 is 2.05 bits per heavy atom. The molecular weight excluding hydrogens is 260 g/mol. The first-order valence-corrected chi connectivity index (χ1v) is 8.71. The van der Waals surface area contributed by atoms with Crippen LogP contribution >= 0.6 is 0 Å². The minimum Gasteiger partial charge on any atom is -0.384 e. The van der Waals surface area contributed by atoms with Crippen LogP contribution in [0.5, 0.6) is 0 Å². The van der Waals surface area contributed by atoms with E-state index in [0.29, 0.717) is 12.5 Å². The molecule has 1 aromatic carbocycles. The van der Waals surface area contributed by atoms with Crippen molar-refractivity contribution in [3.63, 3.8) is 0 Å². The maximum absolute atomic E-state index is 11.1. The van der Waals surface area contributed by atoms with Crippen LogP contribution in [0.15, 0.2) is 24.3 Å². The number of hydrogen-bond donors (Lipinski definition) is 1. The minimum atomic E-state index is -2.86. The highest BCUT2D eigenvalue weighted by atomic mass is 32.2. The maximum atomic E-state index is 11.1. The lowest BCUT2D eigenvalue weighted by molar-refractivity contribution is 0.338. The van der Waals surface area contributed by atoms with Gasteiger partial charge in [-0.2, -0.15) is 0 Å². The van der Waals surface area contributed by atoms with E-state index in [1.807, 2.05) is 13.1 Å². The largest absolute Gasteiger partial charge is 0.384 e. The molecule has 0 bridgehead atoms. The normalized spacial score (nSPS) is 18.4. The Morgan fingerprint density at radius 1 is 1.32 bits per heavy atom. The van der Waals surface area contributed by atoms with Crippen molar-refractivity contribution in [2.75, 3.05) is 44.0 Å². The van der Waals surface area contributed by atoms with Crippen molar-refractivity contribution in [2.45, 2.75) is 12.3 Å². The van der Waals surface area contributed by atoms with Gasteiger partial charge in [-0.25, -0.2) is 8.42 Å². The summed E-state index contributed by atoms with van der Waals surface area (Å²) in [5, 5.41) is 3.42. The number of nitrogens with one attached hydrogen (secondary N) is 1. The van der Waals surface area contributed by atoms with Crippen LogP contribution in [-0.4, -0.2) is 52.0 Å². The molecule has 2 rings (SSSR count). The van der Waals surface area contributed by atoms with Gasteiger partial charge in [-0.1, -0.05) is 18.2 Å². The number of sulfone groups is 1. The predicted octanol–water partition coefficient (Wildman–Crippen LogP) is 1.56. The number of hydrogen-bond acceptors (Lipinski definition) is 4. The van der Waals surface area contributed by atoms with E-state index in [9.17, 15) is 8.42 Å². The average molecular weight is 282 g/mol. The lowest BCUT2D eigenvalue weighted by Gasteiger charge is -2.18. The second kappa shape index (κ2) is 5.92. The van der Waals surface area contributed by atoms with Crippen LogP contribution in [0.25, 0.3) is 0 Å². The van der Waals surface area contributed by atoms with Gasteiger partial charge in [0.25, 0.3) is 0 Å². The molecule has 0 fully saturated rings. The summed E-state index contributed by atoms with van der Waals surface area (Å²) < 4.78 is 22.2. The molecule has 4 nitrogen and oxygen atoms in total. The first kappa shape index (κ1) is 14.3. The van der Waals surface area contributed by atoms with E-state index in [4.69, 9.17) is 0 Å². The van der Waals surface area contributed by atoms with Gasteiger partial charge >= 0.3 is 0 Å². The highest BCUT2D eigenvalue weighted by Gasteiger charge is 2.21. The monoisotopic (exact) mass is 282 g/mol. The Morgan fingerprint density at radius 3 is 2.79 bits per heavy atom. The summed E-state index contributed by atoms with van der Waals surface area (Å²) in [6.45, 7) is 2.52. The fourth-order valence-electron chi connectivity index (χ4n) is 2.42. The first-order chi connectivity index (χ1) is 8.96. The third-order valence-electron chi connectivity index (χ3n) is 3.64. The third-order valence-corrected chi connectivity index (χ3v) is 4.57. The molecule has 0 spiro atoms.